The maximum atomic E-state index is 12.1. The van der Waals surface area contributed by atoms with Gasteiger partial charge >= 0.3 is 0 Å². The lowest BCUT2D eigenvalue weighted by Gasteiger charge is -2.21. The van der Waals surface area contributed by atoms with Crippen LogP contribution in [0.4, 0.5) is 0 Å². The minimum atomic E-state index is -0.0901. The largest absolute Gasteiger partial charge is 0.352 e. The van der Waals surface area contributed by atoms with Crippen LogP contribution in [0.2, 0.25) is 0 Å². The Balaban J connectivity index is 1.56. The summed E-state index contributed by atoms with van der Waals surface area (Å²) in [6, 6.07) is 1.94. The lowest BCUT2D eigenvalue weighted by molar-refractivity contribution is -0.122. The summed E-state index contributed by atoms with van der Waals surface area (Å²) >= 11 is 0. The average Bonchev–Trinajstić information content (AvgIpc) is 2.99. The van der Waals surface area contributed by atoms with E-state index in [1.54, 1.807) is 0 Å². The summed E-state index contributed by atoms with van der Waals surface area (Å²) in [4.78, 5) is 26.8. The van der Waals surface area contributed by atoms with Crippen molar-refractivity contribution >= 4 is 5.91 Å². The van der Waals surface area contributed by atoms with Crippen molar-refractivity contribution in [2.24, 2.45) is 17.8 Å². The molecule has 4 nitrogen and oxygen atoms in total. The molecular weight excluding hydrogens is 264 g/mol. The van der Waals surface area contributed by atoms with Crippen LogP contribution in [0.15, 0.2) is 10.9 Å². The molecule has 2 fully saturated rings. The topological polar surface area (TPSA) is 62.0 Å². The van der Waals surface area contributed by atoms with Gasteiger partial charge < -0.3 is 10.3 Å². The molecule has 2 saturated carbocycles. The first-order valence-electron chi connectivity index (χ1n) is 7.99. The number of fused-ring (bicyclic) bond motifs is 2. The normalized spacial score (nSPS) is 27.0. The monoisotopic (exact) mass is 288 g/mol. The lowest BCUT2D eigenvalue weighted by atomic mass is 9.86. The van der Waals surface area contributed by atoms with E-state index in [1.807, 2.05) is 19.9 Å². The number of carbonyl (C=O) groups excluding carboxylic acids is 1. The Bertz CT molecular complexity index is 605. The summed E-state index contributed by atoms with van der Waals surface area (Å²) in [5.74, 6) is 2.30. The quantitative estimate of drug-likeness (QED) is 0.894. The number of hydrogen-bond donors (Lipinski definition) is 2. The van der Waals surface area contributed by atoms with E-state index in [1.165, 1.54) is 25.7 Å². The number of rotatable bonds is 4. The number of hydrogen-bond acceptors (Lipinski definition) is 2. The summed E-state index contributed by atoms with van der Waals surface area (Å²) in [5, 5.41) is 2.93. The first-order chi connectivity index (χ1) is 10.0. The van der Waals surface area contributed by atoms with Crippen molar-refractivity contribution in [2.75, 3.05) is 0 Å². The number of amides is 1. The second-order valence-electron chi connectivity index (χ2n) is 6.86. The van der Waals surface area contributed by atoms with Crippen molar-refractivity contribution in [3.05, 3.63) is 33.2 Å². The number of pyridine rings is 1. The third-order valence-corrected chi connectivity index (χ3v) is 5.29. The highest BCUT2D eigenvalue weighted by atomic mass is 16.1. The van der Waals surface area contributed by atoms with Gasteiger partial charge in [0.15, 0.2) is 0 Å². The van der Waals surface area contributed by atoms with Crippen molar-refractivity contribution in [1.82, 2.24) is 10.3 Å². The molecule has 2 bridgehead atoms. The van der Waals surface area contributed by atoms with E-state index in [9.17, 15) is 9.59 Å². The maximum Gasteiger partial charge on any atom is 0.253 e. The maximum absolute atomic E-state index is 12.1. The minimum Gasteiger partial charge on any atom is -0.352 e. The average molecular weight is 288 g/mol. The smallest absolute Gasteiger partial charge is 0.253 e. The minimum absolute atomic E-state index is 0.0897. The Labute approximate surface area is 125 Å². The van der Waals surface area contributed by atoms with Crippen molar-refractivity contribution < 1.29 is 4.79 Å². The number of H-pyrrole nitrogens is 1. The Kier molecular flexibility index (Phi) is 3.87. The number of carbonyl (C=O) groups is 1. The summed E-state index contributed by atoms with van der Waals surface area (Å²) in [6.45, 7) is 4.12. The molecule has 0 saturated heterocycles. The fourth-order valence-electron chi connectivity index (χ4n) is 4.22. The molecule has 0 aromatic carbocycles. The van der Waals surface area contributed by atoms with Gasteiger partial charge in [-0.15, -0.1) is 0 Å². The van der Waals surface area contributed by atoms with Gasteiger partial charge in [-0.25, -0.2) is 0 Å². The van der Waals surface area contributed by atoms with Crippen LogP contribution in [0.1, 0.15) is 48.9 Å². The predicted octanol–water partition coefficient (Wildman–Crippen LogP) is 2.43. The van der Waals surface area contributed by atoms with E-state index in [0.717, 1.165) is 23.1 Å². The molecule has 2 aliphatic rings. The molecule has 1 amide bonds. The van der Waals surface area contributed by atoms with Gasteiger partial charge in [0, 0.05) is 24.2 Å². The van der Waals surface area contributed by atoms with Crippen LogP contribution in [0, 0.1) is 31.6 Å². The highest BCUT2D eigenvalue weighted by Gasteiger charge is 2.40. The Morgan fingerprint density at radius 1 is 1.33 bits per heavy atom. The molecule has 0 unspecified atom stereocenters. The molecule has 21 heavy (non-hydrogen) atoms. The van der Waals surface area contributed by atoms with Crippen LogP contribution in [0.3, 0.4) is 0 Å². The molecule has 2 aliphatic carbocycles. The first-order valence-corrected chi connectivity index (χ1v) is 7.99. The number of aromatic amines is 1. The van der Waals surface area contributed by atoms with Gasteiger partial charge in [-0.1, -0.05) is 6.42 Å². The molecule has 0 spiro atoms. The molecule has 114 valence electrons. The molecular formula is C17H24N2O2. The molecule has 0 aliphatic heterocycles. The molecule has 4 heteroatoms. The van der Waals surface area contributed by atoms with E-state index in [-0.39, 0.29) is 11.5 Å². The van der Waals surface area contributed by atoms with Gasteiger partial charge in [0.2, 0.25) is 5.91 Å². The van der Waals surface area contributed by atoms with Crippen LogP contribution in [-0.2, 0) is 11.3 Å². The summed E-state index contributed by atoms with van der Waals surface area (Å²) < 4.78 is 0. The number of aryl methyl sites for hydroxylation is 2. The van der Waals surface area contributed by atoms with Crippen LogP contribution in [-0.4, -0.2) is 10.9 Å². The SMILES string of the molecule is Cc1cc(C)c(CNC(=O)C[C@@H]2C[C@@H]3CC[C@@H]2C3)c(=O)[nH]1. The predicted molar refractivity (Wildman–Crippen MR) is 81.9 cm³/mol. The summed E-state index contributed by atoms with van der Waals surface area (Å²) in [6.07, 6.45) is 5.85. The Morgan fingerprint density at radius 3 is 2.76 bits per heavy atom. The number of aromatic nitrogens is 1. The third kappa shape index (κ3) is 3.04. The van der Waals surface area contributed by atoms with E-state index in [4.69, 9.17) is 0 Å². The van der Waals surface area contributed by atoms with Crippen molar-refractivity contribution in [3.63, 3.8) is 0 Å². The van der Waals surface area contributed by atoms with Gasteiger partial charge in [0.05, 0.1) is 0 Å². The van der Waals surface area contributed by atoms with Gasteiger partial charge in [0.1, 0.15) is 0 Å². The van der Waals surface area contributed by atoms with Crippen LogP contribution in [0.5, 0.6) is 0 Å². The lowest BCUT2D eigenvalue weighted by Crippen LogP contribution is -2.30. The van der Waals surface area contributed by atoms with Crippen molar-refractivity contribution in [3.8, 4) is 0 Å². The van der Waals surface area contributed by atoms with Crippen molar-refractivity contribution in [1.29, 1.82) is 0 Å². The van der Waals surface area contributed by atoms with Crippen LogP contribution >= 0.6 is 0 Å². The second-order valence-corrected chi connectivity index (χ2v) is 6.86. The zero-order valence-corrected chi connectivity index (χ0v) is 12.9. The molecule has 3 rings (SSSR count). The van der Waals surface area contributed by atoms with Gasteiger partial charge in [0.25, 0.3) is 5.56 Å². The summed E-state index contributed by atoms with van der Waals surface area (Å²) in [5.41, 5.74) is 2.38. The van der Waals surface area contributed by atoms with E-state index >= 15 is 0 Å². The highest BCUT2D eigenvalue weighted by Crippen LogP contribution is 2.49. The molecule has 1 aromatic rings. The van der Waals surface area contributed by atoms with E-state index in [2.05, 4.69) is 10.3 Å². The highest BCUT2D eigenvalue weighted by molar-refractivity contribution is 5.76. The van der Waals surface area contributed by atoms with E-state index in [0.29, 0.717) is 24.4 Å². The third-order valence-electron chi connectivity index (χ3n) is 5.29. The second kappa shape index (κ2) is 5.66. The standard InChI is InChI=1S/C17H24N2O2/c1-10-5-11(2)19-17(21)15(10)9-18-16(20)8-14-7-12-3-4-13(14)6-12/h5,12-14H,3-4,6-9H2,1-2H3,(H,18,20)(H,19,21)/t12-,13-,14+/m1/s1. The summed E-state index contributed by atoms with van der Waals surface area (Å²) in [7, 11) is 0. The molecule has 0 radical (unpaired) electrons. The van der Waals surface area contributed by atoms with Crippen LogP contribution in [0.25, 0.3) is 0 Å². The molecule has 3 atom stereocenters. The fourth-order valence-corrected chi connectivity index (χ4v) is 4.22. The van der Waals surface area contributed by atoms with Gasteiger partial charge in [-0.2, -0.15) is 0 Å². The Hall–Kier alpha value is -1.58. The van der Waals surface area contributed by atoms with E-state index < -0.39 is 0 Å². The van der Waals surface area contributed by atoms with Gasteiger partial charge in [-0.3, -0.25) is 9.59 Å². The fraction of sp³-hybridized carbons (Fsp3) is 0.647. The van der Waals surface area contributed by atoms with Crippen LogP contribution < -0.4 is 10.9 Å². The zero-order valence-electron chi connectivity index (χ0n) is 12.9. The first kappa shape index (κ1) is 14.4. The van der Waals surface area contributed by atoms with Gasteiger partial charge in [-0.05, 0) is 62.5 Å². The molecule has 1 aromatic heterocycles. The number of nitrogens with one attached hydrogen (secondary N) is 2. The molecule has 1 heterocycles. The van der Waals surface area contributed by atoms with Crippen molar-refractivity contribution in [2.45, 2.75) is 52.5 Å². The molecule has 2 N–H and O–H groups in total. The zero-order chi connectivity index (χ0) is 15.0. The Morgan fingerprint density at radius 2 is 2.14 bits per heavy atom.